The molecule has 1 unspecified atom stereocenters. The zero-order chi connectivity index (χ0) is 19.5. The molecule has 0 bridgehead atoms. The molecule has 1 saturated heterocycles. The summed E-state index contributed by atoms with van der Waals surface area (Å²) in [6, 6.07) is 8.36. The molecule has 2 rings (SSSR count). The first-order valence-electron chi connectivity index (χ1n) is 10.2. The number of rotatable bonds is 8. The maximum Gasteiger partial charge on any atom is 0.321 e. The molecule has 27 heavy (non-hydrogen) atoms. The first-order valence-corrected chi connectivity index (χ1v) is 10.2. The minimum Gasteiger partial charge on any atom is -0.354 e. The first kappa shape index (κ1) is 21.1. The van der Waals surface area contributed by atoms with Crippen LogP contribution in [0.25, 0.3) is 0 Å². The number of nitrogens with one attached hydrogen (secondary N) is 3. The van der Waals surface area contributed by atoms with Gasteiger partial charge in [-0.15, -0.1) is 0 Å². The van der Waals surface area contributed by atoms with E-state index >= 15 is 0 Å². The van der Waals surface area contributed by atoms with Crippen LogP contribution in [-0.2, 0) is 6.54 Å². The monoisotopic (exact) mass is 373 g/mol. The Balaban J connectivity index is 1.81. The average Bonchev–Trinajstić information content (AvgIpc) is 3.20. The third kappa shape index (κ3) is 7.49. The molecule has 2 amide bonds. The summed E-state index contributed by atoms with van der Waals surface area (Å²) in [5.41, 5.74) is 1.94. The van der Waals surface area contributed by atoms with E-state index in [2.05, 4.69) is 40.9 Å². The minimum atomic E-state index is -0.00371. The van der Waals surface area contributed by atoms with E-state index in [1.165, 1.54) is 19.3 Å². The van der Waals surface area contributed by atoms with Gasteiger partial charge in [0.25, 0.3) is 0 Å². The summed E-state index contributed by atoms with van der Waals surface area (Å²) in [6.07, 6.45) is 7.09. The number of hydrogen-bond acceptors (Lipinski definition) is 2. The van der Waals surface area contributed by atoms with Gasteiger partial charge in [-0.1, -0.05) is 38.3 Å². The lowest BCUT2D eigenvalue weighted by Gasteiger charge is -2.18. The molecule has 0 aliphatic carbocycles. The predicted octanol–water partition coefficient (Wildman–Crippen LogP) is 3.95. The normalized spacial score (nSPS) is 15.5. The van der Waals surface area contributed by atoms with Crippen LogP contribution < -0.4 is 16.0 Å². The van der Waals surface area contributed by atoms with E-state index in [0.29, 0.717) is 12.6 Å². The molecule has 1 atom stereocenters. The number of nitrogens with zero attached hydrogens (tertiary/aromatic N) is 2. The Morgan fingerprint density at radius 3 is 2.74 bits per heavy atom. The van der Waals surface area contributed by atoms with Crippen LogP contribution in [0.3, 0.4) is 0 Å². The molecular formula is C21H35N5O. The van der Waals surface area contributed by atoms with Crippen LogP contribution in [-0.4, -0.2) is 43.1 Å². The van der Waals surface area contributed by atoms with Crippen molar-refractivity contribution in [1.29, 1.82) is 0 Å². The maximum absolute atomic E-state index is 12.2. The molecule has 1 aliphatic rings. The molecule has 1 heterocycles. The highest BCUT2D eigenvalue weighted by molar-refractivity contribution is 5.89. The van der Waals surface area contributed by atoms with Crippen LogP contribution in [0.1, 0.15) is 57.9 Å². The van der Waals surface area contributed by atoms with E-state index < -0.39 is 0 Å². The molecule has 0 radical (unpaired) electrons. The van der Waals surface area contributed by atoms with Gasteiger partial charge >= 0.3 is 6.03 Å². The Hall–Kier alpha value is -2.24. The third-order valence-electron chi connectivity index (χ3n) is 4.88. The van der Waals surface area contributed by atoms with Crippen molar-refractivity contribution in [2.75, 3.05) is 25.5 Å². The molecule has 6 heteroatoms. The number of benzene rings is 1. The largest absolute Gasteiger partial charge is 0.354 e. The van der Waals surface area contributed by atoms with Crippen molar-refractivity contribution in [3.05, 3.63) is 29.8 Å². The van der Waals surface area contributed by atoms with E-state index in [1.807, 2.05) is 23.1 Å². The van der Waals surface area contributed by atoms with Crippen molar-refractivity contribution in [3.8, 4) is 0 Å². The Morgan fingerprint density at radius 2 is 2.04 bits per heavy atom. The van der Waals surface area contributed by atoms with E-state index in [1.54, 1.807) is 7.05 Å². The Bertz CT molecular complexity index is 610. The van der Waals surface area contributed by atoms with Crippen LogP contribution in [0.15, 0.2) is 29.3 Å². The van der Waals surface area contributed by atoms with Crippen LogP contribution in [0.5, 0.6) is 0 Å². The lowest BCUT2D eigenvalue weighted by molar-refractivity contribution is 0.222. The summed E-state index contributed by atoms with van der Waals surface area (Å²) in [6.45, 7) is 6.78. The SMILES string of the molecule is CCCCCC(C)NC(=NC)NCc1cccc(NC(=O)N2CCCC2)c1. The van der Waals surface area contributed by atoms with Gasteiger partial charge in [-0.05, 0) is 43.9 Å². The van der Waals surface area contributed by atoms with Crippen molar-refractivity contribution < 1.29 is 4.79 Å². The number of hydrogen-bond donors (Lipinski definition) is 3. The topological polar surface area (TPSA) is 68.8 Å². The van der Waals surface area contributed by atoms with Crippen molar-refractivity contribution in [3.63, 3.8) is 0 Å². The molecule has 0 spiro atoms. The van der Waals surface area contributed by atoms with Gasteiger partial charge < -0.3 is 20.9 Å². The first-order chi connectivity index (χ1) is 13.1. The van der Waals surface area contributed by atoms with Crippen molar-refractivity contribution in [1.82, 2.24) is 15.5 Å². The van der Waals surface area contributed by atoms with Gasteiger partial charge in [-0.25, -0.2) is 4.79 Å². The molecule has 0 aromatic heterocycles. The van der Waals surface area contributed by atoms with Gasteiger partial charge in [-0.3, -0.25) is 4.99 Å². The van der Waals surface area contributed by atoms with Crippen LogP contribution in [0.2, 0.25) is 0 Å². The predicted molar refractivity (Wildman–Crippen MR) is 113 cm³/mol. The molecule has 1 aromatic rings. The lowest BCUT2D eigenvalue weighted by Crippen LogP contribution is -2.41. The number of likely N-dealkylation sites (tertiary alicyclic amines) is 1. The van der Waals surface area contributed by atoms with Gasteiger partial charge in [0.15, 0.2) is 5.96 Å². The van der Waals surface area contributed by atoms with E-state index in [0.717, 1.165) is 49.6 Å². The fourth-order valence-corrected chi connectivity index (χ4v) is 3.27. The maximum atomic E-state index is 12.2. The second-order valence-corrected chi connectivity index (χ2v) is 7.29. The van der Waals surface area contributed by atoms with E-state index in [9.17, 15) is 4.79 Å². The van der Waals surface area contributed by atoms with Gasteiger partial charge in [0, 0.05) is 38.4 Å². The fourth-order valence-electron chi connectivity index (χ4n) is 3.27. The Morgan fingerprint density at radius 1 is 1.26 bits per heavy atom. The summed E-state index contributed by atoms with van der Waals surface area (Å²) in [5.74, 6) is 0.811. The Kier molecular flexibility index (Phi) is 8.95. The molecular weight excluding hydrogens is 338 g/mol. The molecule has 1 aromatic carbocycles. The highest BCUT2D eigenvalue weighted by Crippen LogP contribution is 2.14. The van der Waals surface area contributed by atoms with Gasteiger partial charge in [0.05, 0.1) is 0 Å². The molecule has 6 nitrogen and oxygen atoms in total. The highest BCUT2D eigenvalue weighted by Gasteiger charge is 2.17. The van der Waals surface area contributed by atoms with Gasteiger partial charge in [0.1, 0.15) is 0 Å². The summed E-state index contributed by atoms with van der Waals surface area (Å²) in [7, 11) is 1.79. The zero-order valence-electron chi connectivity index (χ0n) is 17.1. The quantitative estimate of drug-likeness (QED) is 0.367. The van der Waals surface area contributed by atoms with Gasteiger partial charge in [0.2, 0.25) is 0 Å². The summed E-state index contributed by atoms with van der Waals surface area (Å²) < 4.78 is 0. The average molecular weight is 374 g/mol. The number of urea groups is 1. The minimum absolute atomic E-state index is 0.00371. The summed E-state index contributed by atoms with van der Waals surface area (Å²) in [5, 5.41) is 9.80. The smallest absolute Gasteiger partial charge is 0.321 e. The van der Waals surface area contributed by atoms with Crippen LogP contribution >= 0.6 is 0 Å². The number of guanidine groups is 1. The highest BCUT2D eigenvalue weighted by atomic mass is 16.2. The second kappa shape index (κ2) is 11.5. The summed E-state index contributed by atoms with van der Waals surface area (Å²) in [4.78, 5) is 18.4. The number of carbonyl (C=O) groups excluding carboxylic acids is 1. The number of amides is 2. The fraction of sp³-hybridized carbons (Fsp3) is 0.619. The third-order valence-corrected chi connectivity index (χ3v) is 4.88. The number of carbonyl (C=O) groups is 1. The molecule has 3 N–H and O–H groups in total. The number of aliphatic imine (C=N–C) groups is 1. The standard InChI is InChI=1S/C21H35N5O/c1-4-5-6-10-17(2)24-20(22-3)23-16-18-11-9-12-19(15-18)25-21(27)26-13-7-8-14-26/h9,11-12,15,17H,4-8,10,13-14,16H2,1-3H3,(H,25,27)(H2,22,23,24). The van der Waals surface area contributed by atoms with Crippen molar-refractivity contribution in [2.45, 2.75) is 65.0 Å². The number of anilines is 1. The van der Waals surface area contributed by atoms with Gasteiger partial charge in [-0.2, -0.15) is 0 Å². The van der Waals surface area contributed by atoms with E-state index in [4.69, 9.17) is 0 Å². The van der Waals surface area contributed by atoms with Crippen molar-refractivity contribution >= 4 is 17.7 Å². The Labute approximate surface area is 163 Å². The molecule has 150 valence electrons. The van der Waals surface area contributed by atoms with E-state index in [-0.39, 0.29) is 6.03 Å². The zero-order valence-corrected chi connectivity index (χ0v) is 17.1. The lowest BCUT2D eigenvalue weighted by atomic mass is 10.1. The molecule has 1 aliphatic heterocycles. The molecule has 1 fully saturated rings. The second-order valence-electron chi connectivity index (χ2n) is 7.29. The number of unbranched alkanes of at least 4 members (excludes halogenated alkanes) is 2. The van der Waals surface area contributed by atoms with Crippen molar-refractivity contribution in [2.24, 2.45) is 4.99 Å². The molecule has 0 saturated carbocycles. The van der Waals surface area contributed by atoms with Crippen LogP contribution in [0.4, 0.5) is 10.5 Å². The van der Waals surface area contributed by atoms with Crippen LogP contribution in [0, 0.1) is 0 Å². The summed E-state index contributed by atoms with van der Waals surface area (Å²) >= 11 is 0.